The molecule has 0 radical (unpaired) electrons. The molecule has 11 heavy (non-hydrogen) atoms. The van der Waals surface area contributed by atoms with Crippen molar-refractivity contribution >= 4 is 10.1 Å². The van der Waals surface area contributed by atoms with Gasteiger partial charge in [0.1, 0.15) is 0 Å². The summed E-state index contributed by atoms with van der Waals surface area (Å²) in [6.45, 7) is -0.139. The van der Waals surface area contributed by atoms with E-state index < -0.39 is 15.9 Å². The third-order valence-corrected chi connectivity index (χ3v) is 1.40. The second kappa shape index (κ2) is 7.48. The maximum Gasteiger partial charge on any atom is 1.00 e. The molecule has 0 aromatic carbocycles. The topological polar surface area (TPSA) is 83.8 Å². The zero-order valence-electron chi connectivity index (χ0n) is 7.36. The van der Waals surface area contributed by atoms with Crippen LogP contribution in [0.1, 0.15) is 1.43 Å². The summed E-state index contributed by atoms with van der Waals surface area (Å²) in [5, 5.41) is 8.16. The summed E-state index contributed by atoms with van der Waals surface area (Å²) >= 11 is 0. The van der Waals surface area contributed by atoms with Gasteiger partial charge in [0.25, 0.3) is 10.1 Å². The first-order valence-corrected chi connectivity index (χ1v) is 4.31. The largest absolute Gasteiger partial charge is 1.00 e. The van der Waals surface area contributed by atoms with Gasteiger partial charge in [0.2, 0.25) is 0 Å². The van der Waals surface area contributed by atoms with Gasteiger partial charge in [-0.25, -0.2) is 0 Å². The molecular weight excluding hydrogens is 183 g/mol. The Bertz CT molecular complexity index is 170. The molecule has 7 heteroatoms. The molecule has 0 bridgehead atoms. The molecule has 0 unspecified atom stereocenters. The fraction of sp³-hybridized carbons (Fsp3) is 1.00. The summed E-state index contributed by atoms with van der Waals surface area (Å²) in [5.74, 6) is -0.424. The molecule has 0 atom stereocenters. The minimum absolute atomic E-state index is 0. The van der Waals surface area contributed by atoms with E-state index in [1.807, 2.05) is 0 Å². The third kappa shape index (κ3) is 13.8. The molecule has 0 rings (SSSR count). The molecule has 0 saturated heterocycles. The van der Waals surface area contributed by atoms with Crippen molar-refractivity contribution in [3.8, 4) is 0 Å². The van der Waals surface area contributed by atoms with Crippen LogP contribution in [0.3, 0.4) is 0 Å². The van der Waals surface area contributed by atoms with Gasteiger partial charge in [0, 0.05) is 0 Å². The summed E-state index contributed by atoms with van der Waals surface area (Å²) < 4.78 is 32.7. The fourth-order valence-electron chi connectivity index (χ4n) is 0.331. The Morgan fingerprint density at radius 1 is 1.36 bits per heavy atom. The van der Waals surface area contributed by atoms with E-state index in [4.69, 9.17) is 9.66 Å². The van der Waals surface area contributed by atoms with Gasteiger partial charge in [-0.15, -0.1) is 0 Å². The van der Waals surface area contributed by atoms with Crippen molar-refractivity contribution in [2.75, 3.05) is 25.6 Å². The molecule has 0 fully saturated rings. The number of hydrogen-bond donors (Lipinski definition) is 2. The van der Waals surface area contributed by atoms with Crippen LogP contribution < -0.4 is 29.6 Å². The minimum atomic E-state index is -3.91. The Labute approximate surface area is 89.3 Å². The van der Waals surface area contributed by atoms with Gasteiger partial charge in [0.05, 0.1) is 25.6 Å². The minimum Gasteiger partial charge on any atom is -1.00 e. The van der Waals surface area contributed by atoms with E-state index in [0.717, 1.165) is 0 Å². The molecule has 0 amide bonds. The zero-order chi connectivity index (χ0) is 8.04. The Balaban J connectivity index is -0.000000405. The van der Waals surface area contributed by atoms with E-state index in [1.54, 1.807) is 0 Å². The van der Waals surface area contributed by atoms with Crippen molar-refractivity contribution in [1.29, 1.82) is 0 Å². The molecule has 0 aromatic heterocycles. The first kappa shape index (κ1) is 14.4. The maximum atomic E-state index is 10.0. The molecule has 0 aliphatic rings. The van der Waals surface area contributed by atoms with E-state index in [9.17, 15) is 8.42 Å². The van der Waals surface area contributed by atoms with Crippen molar-refractivity contribution in [2.24, 2.45) is 0 Å². The average molecular weight is 194 g/mol. The van der Waals surface area contributed by atoms with Crippen LogP contribution in [-0.4, -0.2) is 43.7 Å². The second-order valence-corrected chi connectivity index (χ2v) is 3.19. The zero-order valence-corrected chi connectivity index (χ0v) is 9.17. The molecular formula is C4H11NaO5S. The number of rotatable bonds is 5. The van der Waals surface area contributed by atoms with Gasteiger partial charge in [-0.05, 0) is 0 Å². The quantitative estimate of drug-likeness (QED) is 0.265. The van der Waals surface area contributed by atoms with Crippen LogP contribution in [0.4, 0.5) is 0 Å². The van der Waals surface area contributed by atoms with Crippen LogP contribution in [0.15, 0.2) is 0 Å². The number of aliphatic hydroxyl groups excluding tert-OH is 1. The number of ether oxygens (including phenoxy) is 1. The molecule has 2 N–H and O–H groups in total. The van der Waals surface area contributed by atoms with Crippen LogP contribution >= 0.6 is 0 Å². The Morgan fingerprint density at radius 2 is 1.91 bits per heavy atom. The first-order valence-electron chi connectivity index (χ1n) is 2.70. The van der Waals surface area contributed by atoms with E-state index in [2.05, 4.69) is 4.74 Å². The van der Waals surface area contributed by atoms with Crippen LogP contribution in [0.2, 0.25) is 0 Å². The number of hydrogen-bond acceptors (Lipinski definition) is 4. The monoisotopic (exact) mass is 194 g/mol. The summed E-state index contributed by atoms with van der Waals surface area (Å²) in [7, 11) is -3.91. The summed E-state index contributed by atoms with van der Waals surface area (Å²) in [5.41, 5.74) is 0. The first-order chi connectivity index (χ1) is 4.56. The van der Waals surface area contributed by atoms with E-state index in [0.29, 0.717) is 0 Å². The predicted octanol–water partition coefficient (Wildman–Crippen LogP) is -4.00. The normalized spacial score (nSPS) is 10.7. The van der Waals surface area contributed by atoms with Crippen molar-refractivity contribution < 1.29 is 53.8 Å². The Hall–Kier alpha value is 0.830. The SMILES string of the molecule is O=S(=O)(O)CCOCCO.[H-].[Na+]. The summed E-state index contributed by atoms with van der Waals surface area (Å²) in [6, 6.07) is 0. The molecule has 0 aromatic rings. The van der Waals surface area contributed by atoms with E-state index in [-0.39, 0.29) is 50.8 Å². The molecule has 0 spiro atoms. The predicted molar refractivity (Wildman–Crippen MR) is 35.4 cm³/mol. The molecule has 5 nitrogen and oxygen atoms in total. The third-order valence-electron chi connectivity index (χ3n) is 0.721. The van der Waals surface area contributed by atoms with Crippen LogP contribution in [-0.2, 0) is 14.9 Å². The van der Waals surface area contributed by atoms with Crippen LogP contribution in [0.25, 0.3) is 0 Å². The van der Waals surface area contributed by atoms with Gasteiger partial charge in [-0.1, -0.05) is 0 Å². The van der Waals surface area contributed by atoms with Crippen molar-refractivity contribution in [2.45, 2.75) is 0 Å². The van der Waals surface area contributed by atoms with Gasteiger partial charge in [-0.3, -0.25) is 4.55 Å². The second-order valence-electron chi connectivity index (χ2n) is 1.62. The molecule has 0 saturated carbocycles. The van der Waals surface area contributed by atoms with Gasteiger partial charge < -0.3 is 11.3 Å². The van der Waals surface area contributed by atoms with Gasteiger partial charge in [0.15, 0.2) is 0 Å². The van der Waals surface area contributed by atoms with Crippen molar-refractivity contribution in [3.05, 3.63) is 0 Å². The average Bonchev–Trinajstić information content (AvgIpc) is 1.78. The van der Waals surface area contributed by atoms with Crippen LogP contribution in [0.5, 0.6) is 0 Å². The Morgan fingerprint density at radius 3 is 2.27 bits per heavy atom. The molecule has 0 heterocycles. The summed E-state index contributed by atoms with van der Waals surface area (Å²) in [6.07, 6.45) is 0. The van der Waals surface area contributed by atoms with Gasteiger partial charge in [-0.2, -0.15) is 8.42 Å². The maximum absolute atomic E-state index is 10.0. The van der Waals surface area contributed by atoms with Gasteiger partial charge >= 0.3 is 29.6 Å². The molecule has 0 aliphatic carbocycles. The smallest absolute Gasteiger partial charge is 1.00 e. The van der Waals surface area contributed by atoms with E-state index in [1.165, 1.54) is 0 Å². The fourth-order valence-corrected chi connectivity index (χ4v) is 0.659. The number of aliphatic hydroxyl groups is 1. The van der Waals surface area contributed by atoms with Crippen molar-refractivity contribution in [1.82, 2.24) is 0 Å². The van der Waals surface area contributed by atoms with E-state index >= 15 is 0 Å². The standard InChI is InChI=1S/C4H10O5S.Na.H/c5-1-2-9-3-4-10(6,7)8;;/h5H,1-4H2,(H,6,7,8);;/q;+1;-1. The Kier molecular flexibility index (Phi) is 9.76. The van der Waals surface area contributed by atoms with Crippen LogP contribution in [0, 0.1) is 0 Å². The summed E-state index contributed by atoms with van der Waals surface area (Å²) in [4.78, 5) is 0. The molecule has 0 aliphatic heterocycles. The van der Waals surface area contributed by atoms with Crippen molar-refractivity contribution in [3.63, 3.8) is 0 Å². The molecule has 64 valence electrons.